The van der Waals surface area contributed by atoms with Crippen LogP contribution in [-0.2, 0) is 11.3 Å². The van der Waals surface area contributed by atoms with Gasteiger partial charge in [0.2, 0.25) is 0 Å². The van der Waals surface area contributed by atoms with E-state index in [0.29, 0.717) is 0 Å². The summed E-state index contributed by atoms with van der Waals surface area (Å²) in [6.07, 6.45) is 6.20. The number of aromatic nitrogens is 2. The van der Waals surface area contributed by atoms with Crippen LogP contribution in [0.5, 0.6) is 0 Å². The highest BCUT2D eigenvalue weighted by atomic mass is 32.2. The Bertz CT molecular complexity index is 366. The van der Waals surface area contributed by atoms with Crippen LogP contribution in [0.15, 0.2) is 11.4 Å². The summed E-state index contributed by atoms with van der Waals surface area (Å²) in [5, 5.41) is 9.47. The Hall–Kier alpha value is -0.620. The van der Waals surface area contributed by atoms with Gasteiger partial charge in [-0.2, -0.15) is 11.8 Å². The number of aliphatic carboxylic acids is 1. The van der Waals surface area contributed by atoms with Gasteiger partial charge in [0.15, 0.2) is 5.16 Å². The lowest BCUT2D eigenvalue weighted by Gasteiger charge is -2.08. The van der Waals surface area contributed by atoms with Crippen molar-refractivity contribution in [2.75, 3.05) is 17.8 Å². The fourth-order valence-electron chi connectivity index (χ4n) is 1.47. The Morgan fingerprint density at radius 2 is 2.29 bits per heavy atom. The predicted molar refractivity (Wildman–Crippen MR) is 72.9 cm³/mol. The lowest BCUT2D eigenvalue weighted by Crippen LogP contribution is -2.05. The third kappa shape index (κ3) is 5.04. The number of aryl methyl sites for hydroxylation is 1. The number of hydrogen-bond donors (Lipinski definition) is 1. The molecule has 0 atom stereocenters. The molecule has 1 heterocycles. The van der Waals surface area contributed by atoms with Crippen molar-refractivity contribution in [2.24, 2.45) is 0 Å². The normalized spacial score (nSPS) is 10.7. The molecule has 0 aromatic carbocycles. The van der Waals surface area contributed by atoms with Gasteiger partial charge in [0, 0.05) is 18.4 Å². The SMILES string of the molecule is CSCCCCn1c(C)cnc1SCC(=O)O. The van der Waals surface area contributed by atoms with Crippen molar-refractivity contribution >= 4 is 29.5 Å². The van der Waals surface area contributed by atoms with Gasteiger partial charge in [-0.25, -0.2) is 4.98 Å². The molecular formula is C11H18N2O2S2. The highest BCUT2D eigenvalue weighted by Gasteiger charge is 2.09. The smallest absolute Gasteiger partial charge is 0.313 e. The minimum atomic E-state index is -0.801. The first-order chi connectivity index (χ1) is 8.15. The average molecular weight is 274 g/mol. The van der Waals surface area contributed by atoms with E-state index in [2.05, 4.69) is 15.8 Å². The number of carbonyl (C=O) groups is 1. The highest BCUT2D eigenvalue weighted by Crippen LogP contribution is 2.19. The average Bonchev–Trinajstić information content (AvgIpc) is 2.63. The molecule has 6 heteroatoms. The van der Waals surface area contributed by atoms with Crippen molar-refractivity contribution in [3.63, 3.8) is 0 Å². The molecule has 1 aromatic rings. The maximum atomic E-state index is 10.5. The van der Waals surface area contributed by atoms with Crippen molar-refractivity contribution in [2.45, 2.75) is 31.5 Å². The largest absolute Gasteiger partial charge is 0.481 e. The maximum Gasteiger partial charge on any atom is 0.313 e. The third-order valence-corrected chi connectivity index (χ3v) is 4.00. The van der Waals surface area contributed by atoms with Crippen molar-refractivity contribution in [1.29, 1.82) is 0 Å². The summed E-state index contributed by atoms with van der Waals surface area (Å²) in [7, 11) is 0. The van der Waals surface area contributed by atoms with Gasteiger partial charge < -0.3 is 9.67 Å². The number of rotatable bonds is 8. The van der Waals surface area contributed by atoms with E-state index in [0.717, 1.165) is 23.8 Å². The van der Waals surface area contributed by atoms with Crippen LogP contribution in [0.25, 0.3) is 0 Å². The van der Waals surface area contributed by atoms with E-state index in [1.165, 1.54) is 23.9 Å². The molecule has 0 fully saturated rings. The fraction of sp³-hybridized carbons (Fsp3) is 0.636. The first-order valence-electron chi connectivity index (χ1n) is 5.50. The van der Waals surface area contributed by atoms with Crippen LogP contribution in [0.2, 0.25) is 0 Å². The lowest BCUT2D eigenvalue weighted by molar-refractivity contribution is -0.133. The number of nitrogens with zero attached hydrogens (tertiary/aromatic N) is 2. The van der Waals surface area contributed by atoms with Crippen LogP contribution >= 0.6 is 23.5 Å². The second kappa shape index (κ2) is 7.66. The first kappa shape index (κ1) is 14.4. The molecule has 0 spiro atoms. The zero-order valence-corrected chi connectivity index (χ0v) is 11.8. The van der Waals surface area contributed by atoms with Crippen LogP contribution in [0.1, 0.15) is 18.5 Å². The van der Waals surface area contributed by atoms with Crippen LogP contribution in [0.3, 0.4) is 0 Å². The second-order valence-electron chi connectivity index (χ2n) is 3.72. The molecule has 96 valence electrons. The van der Waals surface area contributed by atoms with Gasteiger partial charge in [0.05, 0.1) is 5.75 Å². The predicted octanol–water partition coefficient (Wildman–Crippen LogP) is 2.51. The summed E-state index contributed by atoms with van der Waals surface area (Å²) in [4.78, 5) is 14.8. The summed E-state index contributed by atoms with van der Waals surface area (Å²) < 4.78 is 2.11. The van der Waals surface area contributed by atoms with E-state index in [4.69, 9.17) is 5.11 Å². The van der Waals surface area contributed by atoms with Gasteiger partial charge >= 0.3 is 5.97 Å². The molecule has 0 unspecified atom stereocenters. The number of thioether (sulfide) groups is 2. The molecule has 0 radical (unpaired) electrons. The molecule has 0 aliphatic heterocycles. The minimum Gasteiger partial charge on any atom is -0.481 e. The highest BCUT2D eigenvalue weighted by molar-refractivity contribution is 7.99. The number of imidazole rings is 1. The third-order valence-electron chi connectivity index (χ3n) is 2.32. The van der Waals surface area contributed by atoms with E-state index in [9.17, 15) is 4.79 Å². The summed E-state index contributed by atoms with van der Waals surface area (Å²) in [6.45, 7) is 2.93. The zero-order valence-electron chi connectivity index (χ0n) is 10.2. The summed E-state index contributed by atoms with van der Waals surface area (Å²) in [5.74, 6) is 0.441. The number of carboxylic acids is 1. The number of hydrogen-bond acceptors (Lipinski definition) is 4. The molecule has 0 bridgehead atoms. The van der Waals surface area contributed by atoms with Gasteiger partial charge in [-0.1, -0.05) is 11.8 Å². The van der Waals surface area contributed by atoms with E-state index in [1.807, 2.05) is 18.7 Å². The van der Waals surface area contributed by atoms with Crippen LogP contribution in [-0.4, -0.2) is 38.4 Å². The van der Waals surface area contributed by atoms with Crippen LogP contribution < -0.4 is 0 Å². The van der Waals surface area contributed by atoms with E-state index >= 15 is 0 Å². The molecule has 1 N–H and O–H groups in total. The molecule has 0 saturated carbocycles. The van der Waals surface area contributed by atoms with E-state index < -0.39 is 5.97 Å². The van der Waals surface area contributed by atoms with Crippen LogP contribution in [0, 0.1) is 6.92 Å². The summed E-state index contributed by atoms with van der Waals surface area (Å²) in [6, 6.07) is 0. The van der Waals surface area contributed by atoms with Crippen molar-refractivity contribution in [3.8, 4) is 0 Å². The molecule has 4 nitrogen and oxygen atoms in total. The Balaban J connectivity index is 2.50. The standard InChI is InChI=1S/C11H18N2O2S2/c1-9-7-12-11(17-8-10(14)15)13(9)5-3-4-6-16-2/h7H,3-6,8H2,1-2H3,(H,14,15). The van der Waals surface area contributed by atoms with Crippen molar-refractivity contribution in [3.05, 3.63) is 11.9 Å². The molecule has 1 aromatic heterocycles. The molecule has 1 rings (SSSR count). The molecule has 17 heavy (non-hydrogen) atoms. The van der Waals surface area contributed by atoms with Crippen molar-refractivity contribution < 1.29 is 9.90 Å². The molecule has 0 aliphatic carbocycles. The molecular weight excluding hydrogens is 256 g/mol. The molecule has 0 saturated heterocycles. The summed E-state index contributed by atoms with van der Waals surface area (Å²) >= 11 is 3.14. The quantitative estimate of drug-likeness (QED) is 0.583. The molecule has 0 aliphatic rings. The fourth-order valence-corrected chi connectivity index (χ4v) is 2.73. The zero-order chi connectivity index (χ0) is 12.7. The first-order valence-corrected chi connectivity index (χ1v) is 7.88. The topological polar surface area (TPSA) is 55.1 Å². The Kier molecular flexibility index (Phi) is 6.50. The van der Waals surface area contributed by atoms with Gasteiger partial charge in [0.25, 0.3) is 0 Å². The van der Waals surface area contributed by atoms with Gasteiger partial charge in [0.1, 0.15) is 0 Å². The maximum absolute atomic E-state index is 10.5. The van der Waals surface area contributed by atoms with Crippen LogP contribution in [0.4, 0.5) is 0 Å². The van der Waals surface area contributed by atoms with E-state index in [1.54, 1.807) is 6.20 Å². The second-order valence-corrected chi connectivity index (χ2v) is 5.64. The van der Waals surface area contributed by atoms with Gasteiger partial charge in [-0.05, 0) is 31.8 Å². The Labute approximate surface area is 110 Å². The molecule has 0 amide bonds. The Morgan fingerprint density at radius 1 is 1.53 bits per heavy atom. The van der Waals surface area contributed by atoms with E-state index in [-0.39, 0.29) is 5.75 Å². The monoisotopic (exact) mass is 274 g/mol. The number of carboxylic acid groups (broad SMARTS) is 1. The minimum absolute atomic E-state index is 0.0707. The Morgan fingerprint density at radius 3 is 2.94 bits per heavy atom. The van der Waals surface area contributed by atoms with Gasteiger partial charge in [-0.3, -0.25) is 4.79 Å². The summed E-state index contributed by atoms with van der Waals surface area (Å²) in [5.41, 5.74) is 1.10. The number of unbranched alkanes of at least 4 members (excludes halogenated alkanes) is 1. The lowest BCUT2D eigenvalue weighted by atomic mass is 10.3. The van der Waals surface area contributed by atoms with Gasteiger partial charge in [-0.15, -0.1) is 0 Å². The van der Waals surface area contributed by atoms with Crippen molar-refractivity contribution in [1.82, 2.24) is 9.55 Å².